The van der Waals surface area contributed by atoms with Crippen molar-refractivity contribution < 1.29 is 0 Å². The first-order chi connectivity index (χ1) is 10.1. The Hall–Kier alpha value is -0.890. The molecular weight excluding hydrogens is 256 g/mol. The molecule has 0 aliphatic heterocycles. The van der Waals surface area contributed by atoms with Gasteiger partial charge in [0.1, 0.15) is 0 Å². The minimum absolute atomic E-state index is 0.684. The molecule has 1 aliphatic rings. The number of aryl methyl sites for hydroxylation is 1. The normalized spacial score (nSPS) is 26.2. The van der Waals surface area contributed by atoms with E-state index in [4.69, 9.17) is 0 Å². The maximum absolute atomic E-state index is 4.53. The molecule has 3 unspecified atom stereocenters. The van der Waals surface area contributed by atoms with Gasteiger partial charge in [-0.3, -0.25) is 4.98 Å². The van der Waals surface area contributed by atoms with Crippen LogP contribution in [-0.4, -0.2) is 18.1 Å². The summed E-state index contributed by atoms with van der Waals surface area (Å²) in [6.07, 6.45) is 7.43. The van der Waals surface area contributed by atoms with Crippen LogP contribution in [0.4, 0.5) is 0 Å². The summed E-state index contributed by atoms with van der Waals surface area (Å²) >= 11 is 0. The summed E-state index contributed by atoms with van der Waals surface area (Å²) < 4.78 is 0. The van der Waals surface area contributed by atoms with Crippen molar-refractivity contribution in [3.63, 3.8) is 0 Å². The van der Waals surface area contributed by atoms with Gasteiger partial charge in [-0.05, 0) is 81.0 Å². The molecule has 0 saturated heterocycles. The average molecular weight is 288 g/mol. The molecule has 0 spiro atoms. The predicted molar refractivity (Wildman–Crippen MR) is 90.5 cm³/mol. The van der Waals surface area contributed by atoms with Gasteiger partial charge in [-0.1, -0.05) is 26.8 Å². The lowest BCUT2D eigenvalue weighted by molar-refractivity contribution is 0.190. The number of nitrogens with zero attached hydrogens (tertiary/aromatic N) is 1. The van der Waals surface area contributed by atoms with Crippen molar-refractivity contribution in [1.82, 2.24) is 10.3 Å². The molecule has 2 rings (SSSR count). The van der Waals surface area contributed by atoms with Crippen molar-refractivity contribution in [2.45, 2.75) is 59.3 Å². The van der Waals surface area contributed by atoms with Crippen LogP contribution in [0, 0.1) is 24.7 Å². The molecule has 2 heteroatoms. The minimum atomic E-state index is 0.684. The zero-order valence-electron chi connectivity index (χ0n) is 14.2. The Labute approximate surface area is 130 Å². The smallest absolute Gasteiger partial charge is 0.0372 e. The van der Waals surface area contributed by atoms with Crippen LogP contribution in [0.1, 0.15) is 63.6 Å². The summed E-state index contributed by atoms with van der Waals surface area (Å²) in [6, 6.07) is 4.48. The maximum Gasteiger partial charge on any atom is 0.0372 e. The Kier molecular flexibility index (Phi) is 6.22. The van der Waals surface area contributed by atoms with Gasteiger partial charge in [0.2, 0.25) is 0 Å². The molecule has 1 aromatic rings. The molecule has 0 bridgehead atoms. The van der Waals surface area contributed by atoms with Crippen LogP contribution >= 0.6 is 0 Å². The van der Waals surface area contributed by atoms with Gasteiger partial charge in [-0.2, -0.15) is 0 Å². The van der Waals surface area contributed by atoms with E-state index in [0.717, 1.165) is 36.5 Å². The molecule has 2 nitrogen and oxygen atoms in total. The van der Waals surface area contributed by atoms with E-state index in [1.165, 1.54) is 31.2 Å². The second-order valence-corrected chi connectivity index (χ2v) is 7.12. The molecule has 1 heterocycles. The summed E-state index contributed by atoms with van der Waals surface area (Å²) in [5.74, 6) is 3.13. The molecule has 0 aromatic carbocycles. The number of aromatic nitrogens is 1. The van der Waals surface area contributed by atoms with E-state index in [1.807, 2.05) is 0 Å². The second kappa shape index (κ2) is 7.93. The molecule has 3 atom stereocenters. The van der Waals surface area contributed by atoms with Crippen molar-refractivity contribution in [2.75, 3.05) is 13.1 Å². The Bertz CT molecular complexity index is 410. The van der Waals surface area contributed by atoms with Crippen molar-refractivity contribution in [1.29, 1.82) is 0 Å². The highest BCUT2D eigenvalue weighted by Crippen LogP contribution is 2.42. The van der Waals surface area contributed by atoms with E-state index >= 15 is 0 Å². The zero-order chi connectivity index (χ0) is 15.2. The zero-order valence-corrected chi connectivity index (χ0v) is 14.2. The van der Waals surface area contributed by atoms with Crippen LogP contribution in [-0.2, 0) is 0 Å². The van der Waals surface area contributed by atoms with Gasteiger partial charge in [-0.25, -0.2) is 0 Å². The molecule has 1 N–H and O–H groups in total. The quantitative estimate of drug-likeness (QED) is 0.777. The van der Waals surface area contributed by atoms with Crippen molar-refractivity contribution >= 4 is 0 Å². The lowest BCUT2D eigenvalue weighted by Crippen LogP contribution is -2.33. The fraction of sp³-hybridized carbons (Fsp3) is 0.737. The van der Waals surface area contributed by atoms with E-state index in [-0.39, 0.29) is 0 Å². The fourth-order valence-corrected chi connectivity index (χ4v) is 3.69. The van der Waals surface area contributed by atoms with Gasteiger partial charge in [-0.15, -0.1) is 0 Å². The van der Waals surface area contributed by atoms with Crippen LogP contribution in [0.25, 0.3) is 0 Å². The topological polar surface area (TPSA) is 24.9 Å². The van der Waals surface area contributed by atoms with Crippen LogP contribution in [0.2, 0.25) is 0 Å². The van der Waals surface area contributed by atoms with Gasteiger partial charge in [0.15, 0.2) is 0 Å². The Morgan fingerprint density at radius 3 is 2.71 bits per heavy atom. The number of rotatable bonds is 6. The average Bonchev–Trinajstić information content (AvgIpc) is 2.48. The standard InChI is InChI=1S/C19H32N2/c1-5-10-20-12-17-9-8-16(14(2)3)11-19(17)18-7-6-15(4)21-13-18/h6-7,13-14,16-17,19-20H,5,8-12H2,1-4H3. The number of nitrogens with one attached hydrogen (secondary N) is 1. The van der Waals surface area contributed by atoms with Crippen LogP contribution in [0.3, 0.4) is 0 Å². The first-order valence-electron chi connectivity index (χ1n) is 8.75. The van der Waals surface area contributed by atoms with E-state index in [9.17, 15) is 0 Å². The second-order valence-electron chi connectivity index (χ2n) is 7.12. The van der Waals surface area contributed by atoms with Crippen molar-refractivity contribution in [3.05, 3.63) is 29.6 Å². The highest BCUT2D eigenvalue weighted by molar-refractivity contribution is 5.20. The van der Waals surface area contributed by atoms with Crippen molar-refractivity contribution in [3.8, 4) is 0 Å². The fourth-order valence-electron chi connectivity index (χ4n) is 3.69. The third kappa shape index (κ3) is 4.54. The van der Waals surface area contributed by atoms with Crippen LogP contribution in [0.15, 0.2) is 18.3 Å². The minimum Gasteiger partial charge on any atom is -0.316 e. The molecule has 0 amide bonds. The summed E-state index contributed by atoms with van der Waals surface area (Å²) in [7, 11) is 0. The van der Waals surface area contributed by atoms with Gasteiger partial charge < -0.3 is 5.32 Å². The highest BCUT2D eigenvalue weighted by Gasteiger charge is 2.32. The number of hydrogen-bond acceptors (Lipinski definition) is 2. The SMILES string of the molecule is CCCNCC1CCC(C(C)C)CC1c1ccc(C)nc1. The largest absolute Gasteiger partial charge is 0.316 e. The van der Waals surface area contributed by atoms with E-state index < -0.39 is 0 Å². The molecular formula is C19H32N2. The molecule has 118 valence electrons. The van der Waals surface area contributed by atoms with E-state index in [2.05, 4.69) is 56.3 Å². The highest BCUT2D eigenvalue weighted by atomic mass is 14.9. The monoisotopic (exact) mass is 288 g/mol. The number of pyridine rings is 1. The Balaban J connectivity index is 2.09. The molecule has 1 aliphatic carbocycles. The summed E-state index contributed by atoms with van der Waals surface area (Å²) in [5.41, 5.74) is 2.57. The molecule has 21 heavy (non-hydrogen) atoms. The third-order valence-corrected chi connectivity index (χ3v) is 5.17. The first kappa shape index (κ1) is 16.5. The van der Waals surface area contributed by atoms with E-state index in [1.54, 1.807) is 0 Å². The summed E-state index contributed by atoms with van der Waals surface area (Å²) in [4.78, 5) is 4.53. The van der Waals surface area contributed by atoms with Gasteiger partial charge in [0.25, 0.3) is 0 Å². The predicted octanol–water partition coefficient (Wildman–Crippen LogP) is 4.55. The maximum atomic E-state index is 4.53. The van der Waals surface area contributed by atoms with Gasteiger partial charge in [0.05, 0.1) is 0 Å². The third-order valence-electron chi connectivity index (χ3n) is 5.17. The summed E-state index contributed by atoms with van der Waals surface area (Å²) in [6.45, 7) is 11.4. The first-order valence-corrected chi connectivity index (χ1v) is 8.75. The molecule has 0 radical (unpaired) electrons. The Morgan fingerprint density at radius 1 is 1.29 bits per heavy atom. The molecule has 1 saturated carbocycles. The van der Waals surface area contributed by atoms with Crippen molar-refractivity contribution in [2.24, 2.45) is 17.8 Å². The van der Waals surface area contributed by atoms with E-state index in [0.29, 0.717) is 5.92 Å². The van der Waals surface area contributed by atoms with Gasteiger partial charge in [0, 0.05) is 11.9 Å². The molecule has 1 aromatic heterocycles. The van der Waals surface area contributed by atoms with Crippen LogP contribution in [0.5, 0.6) is 0 Å². The molecule has 1 fully saturated rings. The summed E-state index contributed by atoms with van der Waals surface area (Å²) in [5, 5.41) is 3.64. The lowest BCUT2D eigenvalue weighted by Gasteiger charge is -2.38. The van der Waals surface area contributed by atoms with Crippen LogP contribution < -0.4 is 5.32 Å². The lowest BCUT2D eigenvalue weighted by atomic mass is 9.68. The Morgan fingerprint density at radius 2 is 2.10 bits per heavy atom. The van der Waals surface area contributed by atoms with Gasteiger partial charge >= 0.3 is 0 Å². The number of hydrogen-bond donors (Lipinski definition) is 1.